The summed E-state index contributed by atoms with van der Waals surface area (Å²) in [6, 6.07) is 3.64. The van der Waals surface area contributed by atoms with E-state index in [-0.39, 0.29) is 5.91 Å². The van der Waals surface area contributed by atoms with Crippen molar-refractivity contribution in [3.8, 4) is 17.2 Å². The smallest absolute Gasteiger partial charge is 0.286 e. The molecule has 27 heavy (non-hydrogen) atoms. The monoisotopic (exact) mass is 391 g/mol. The van der Waals surface area contributed by atoms with Crippen molar-refractivity contribution in [2.75, 3.05) is 54.1 Å². The molecule has 3 rings (SSSR count). The van der Waals surface area contributed by atoms with Crippen LogP contribution in [0.4, 0.5) is 0 Å². The molecule has 1 amide bonds. The Morgan fingerprint density at radius 1 is 1.07 bits per heavy atom. The minimum Gasteiger partial charge on any atom is -0.493 e. The molecule has 7 nitrogen and oxygen atoms in total. The van der Waals surface area contributed by atoms with E-state index in [0.29, 0.717) is 22.2 Å². The minimum absolute atomic E-state index is 0.207. The predicted molar refractivity (Wildman–Crippen MR) is 108 cm³/mol. The van der Waals surface area contributed by atoms with Gasteiger partial charge in [-0.15, -0.1) is 0 Å². The molecule has 0 atom stereocenters. The van der Waals surface area contributed by atoms with Crippen LogP contribution in [0.3, 0.4) is 0 Å². The molecule has 0 N–H and O–H groups in total. The number of thioether (sulfide) groups is 1. The number of amidine groups is 1. The Morgan fingerprint density at radius 3 is 2.22 bits per heavy atom. The number of piperazine rings is 1. The molecular weight excluding hydrogens is 366 g/mol. The minimum atomic E-state index is -0.207. The number of aliphatic imine (C=N–C) groups is 1. The van der Waals surface area contributed by atoms with Crippen LogP contribution in [0.5, 0.6) is 17.2 Å². The van der Waals surface area contributed by atoms with Crippen LogP contribution in [0.2, 0.25) is 0 Å². The Hall–Kier alpha value is -2.19. The number of methoxy groups -OCH3 is 3. The number of rotatable bonds is 5. The number of hydrogen-bond donors (Lipinski definition) is 0. The number of nitrogens with zero attached hydrogens (tertiary/aromatic N) is 3. The van der Waals surface area contributed by atoms with Gasteiger partial charge in [0, 0.05) is 26.2 Å². The number of ether oxygens (including phenoxy) is 3. The molecule has 2 heterocycles. The average molecular weight is 391 g/mol. The van der Waals surface area contributed by atoms with Crippen molar-refractivity contribution in [3.63, 3.8) is 0 Å². The number of carbonyl (C=O) groups is 1. The molecule has 1 saturated heterocycles. The Morgan fingerprint density at radius 2 is 1.70 bits per heavy atom. The summed E-state index contributed by atoms with van der Waals surface area (Å²) < 4.78 is 16.1. The van der Waals surface area contributed by atoms with Gasteiger partial charge >= 0.3 is 0 Å². The van der Waals surface area contributed by atoms with Crippen LogP contribution in [0.25, 0.3) is 6.08 Å². The van der Waals surface area contributed by atoms with E-state index in [0.717, 1.165) is 43.5 Å². The van der Waals surface area contributed by atoms with Crippen LogP contribution in [0.1, 0.15) is 12.5 Å². The van der Waals surface area contributed by atoms with Crippen molar-refractivity contribution in [3.05, 3.63) is 22.6 Å². The lowest BCUT2D eigenvalue weighted by Gasteiger charge is -2.34. The lowest BCUT2D eigenvalue weighted by Crippen LogP contribution is -2.47. The van der Waals surface area contributed by atoms with Crippen molar-refractivity contribution in [1.29, 1.82) is 0 Å². The van der Waals surface area contributed by atoms with E-state index in [9.17, 15) is 4.79 Å². The van der Waals surface area contributed by atoms with E-state index in [1.54, 1.807) is 21.3 Å². The maximum absolute atomic E-state index is 12.4. The van der Waals surface area contributed by atoms with Crippen LogP contribution < -0.4 is 14.2 Å². The van der Waals surface area contributed by atoms with Gasteiger partial charge in [0.15, 0.2) is 16.7 Å². The van der Waals surface area contributed by atoms with Gasteiger partial charge in [0.05, 0.1) is 26.2 Å². The quantitative estimate of drug-likeness (QED) is 0.714. The van der Waals surface area contributed by atoms with Gasteiger partial charge in [0.25, 0.3) is 5.91 Å². The first-order valence-electron chi connectivity index (χ1n) is 8.89. The standard InChI is InChI=1S/C19H25N3O4S/c1-5-21-6-8-22(9-7-21)19-20-18(23)16(27-19)12-13-10-14(24-2)17(26-4)15(11-13)25-3/h10-12H,5-9H2,1-4H3/b16-12+. The highest BCUT2D eigenvalue weighted by molar-refractivity contribution is 8.18. The second-order valence-electron chi connectivity index (χ2n) is 6.19. The molecule has 0 aliphatic carbocycles. The summed E-state index contributed by atoms with van der Waals surface area (Å²) in [5.41, 5.74) is 0.799. The van der Waals surface area contributed by atoms with E-state index < -0.39 is 0 Å². The summed E-state index contributed by atoms with van der Waals surface area (Å²) in [7, 11) is 4.70. The van der Waals surface area contributed by atoms with Gasteiger partial charge < -0.3 is 24.0 Å². The third kappa shape index (κ3) is 4.22. The fraction of sp³-hybridized carbons (Fsp3) is 0.474. The molecule has 0 saturated carbocycles. The van der Waals surface area contributed by atoms with E-state index in [4.69, 9.17) is 14.2 Å². The van der Waals surface area contributed by atoms with Gasteiger partial charge in [0.1, 0.15) is 0 Å². The molecule has 0 spiro atoms. The molecule has 0 unspecified atom stereocenters. The van der Waals surface area contributed by atoms with Crippen molar-refractivity contribution in [1.82, 2.24) is 9.80 Å². The Bertz CT molecular complexity index is 745. The molecule has 0 bridgehead atoms. The Kier molecular flexibility index (Phi) is 6.28. The number of carbonyl (C=O) groups excluding carboxylic acids is 1. The third-order valence-electron chi connectivity index (χ3n) is 4.68. The van der Waals surface area contributed by atoms with Gasteiger partial charge in [-0.25, -0.2) is 0 Å². The van der Waals surface area contributed by atoms with Gasteiger partial charge in [0.2, 0.25) is 5.75 Å². The molecule has 1 aromatic carbocycles. The average Bonchev–Trinajstić information content (AvgIpc) is 3.07. The van der Waals surface area contributed by atoms with Gasteiger partial charge in [-0.05, 0) is 42.1 Å². The van der Waals surface area contributed by atoms with Crippen molar-refractivity contribution >= 4 is 28.9 Å². The molecule has 8 heteroatoms. The lowest BCUT2D eigenvalue weighted by atomic mass is 10.1. The normalized spacial score (nSPS) is 19.4. The molecule has 2 aliphatic rings. The second kappa shape index (κ2) is 8.67. The number of hydrogen-bond acceptors (Lipinski definition) is 7. The summed E-state index contributed by atoms with van der Waals surface area (Å²) in [4.78, 5) is 21.8. The second-order valence-corrected chi connectivity index (χ2v) is 7.20. The van der Waals surface area contributed by atoms with E-state index in [1.807, 2.05) is 18.2 Å². The first-order valence-corrected chi connectivity index (χ1v) is 9.71. The first kappa shape index (κ1) is 19.6. The summed E-state index contributed by atoms with van der Waals surface area (Å²) in [5, 5.41) is 0.787. The zero-order valence-electron chi connectivity index (χ0n) is 16.2. The lowest BCUT2D eigenvalue weighted by molar-refractivity contribution is -0.113. The molecule has 0 radical (unpaired) electrons. The van der Waals surface area contributed by atoms with Crippen LogP contribution in [0.15, 0.2) is 22.0 Å². The maximum atomic E-state index is 12.4. The van der Waals surface area contributed by atoms with Crippen LogP contribution >= 0.6 is 11.8 Å². The number of amides is 1. The first-order chi connectivity index (χ1) is 13.1. The highest BCUT2D eigenvalue weighted by Crippen LogP contribution is 2.40. The molecule has 1 fully saturated rings. The van der Waals surface area contributed by atoms with Gasteiger partial charge in [-0.3, -0.25) is 4.79 Å². The zero-order chi connectivity index (χ0) is 19.4. The van der Waals surface area contributed by atoms with Crippen LogP contribution in [0, 0.1) is 0 Å². The highest BCUT2D eigenvalue weighted by atomic mass is 32.2. The SMILES string of the molecule is CCN1CCN(C2=NC(=O)/C(=C\c3cc(OC)c(OC)c(OC)c3)S2)CC1. The van der Waals surface area contributed by atoms with E-state index in [1.165, 1.54) is 11.8 Å². The van der Waals surface area contributed by atoms with Crippen molar-refractivity contribution in [2.24, 2.45) is 4.99 Å². The topological polar surface area (TPSA) is 63.6 Å². The molecule has 1 aromatic rings. The summed E-state index contributed by atoms with van der Waals surface area (Å²) in [6.07, 6.45) is 1.82. The molecular formula is C19H25N3O4S. The Labute approximate surface area is 164 Å². The summed E-state index contributed by atoms with van der Waals surface area (Å²) in [6.45, 7) is 7.00. The van der Waals surface area contributed by atoms with E-state index >= 15 is 0 Å². The van der Waals surface area contributed by atoms with Gasteiger partial charge in [-0.1, -0.05) is 6.92 Å². The summed E-state index contributed by atoms with van der Waals surface area (Å²) in [5.74, 6) is 1.42. The van der Waals surface area contributed by atoms with Crippen LogP contribution in [-0.4, -0.2) is 74.9 Å². The van der Waals surface area contributed by atoms with Gasteiger partial charge in [-0.2, -0.15) is 4.99 Å². The predicted octanol–water partition coefficient (Wildman–Crippen LogP) is 2.32. The van der Waals surface area contributed by atoms with Crippen molar-refractivity contribution < 1.29 is 19.0 Å². The fourth-order valence-corrected chi connectivity index (χ4v) is 4.09. The summed E-state index contributed by atoms with van der Waals surface area (Å²) >= 11 is 1.42. The maximum Gasteiger partial charge on any atom is 0.286 e. The third-order valence-corrected chi connectivity index (χ3v) is 5.73. The number of benzene rings is 1. The molecule has 146 valence electrons. The number of likely N-dealkylation sites (N-methyl/N-ethyl adjacent to an activating group) is 1. The Balaban J connectivity index is 1.78. The van der Waals surface area contributed by atoms with Crippen LogP contribution in [-0.2, 0) is 4.79 Å². The largest absolute Gasteiger partial charge is 0.493 e. The van der Waals surface area contributed by atoms with Crippen molar-refractivity contribution in [2.45, 2.75) is 6.92 Å². The fourth-order valence-electron chi connectivity index (χ4n) is 3.12. The van der Waals surface area contributed by atoms with E-state index in [2.05, 4.69) is 21.7 Å². The zero-order valence-corrected chi connectivity index (χ0v) is 17.0. The molecule has 0 aromatic heterocycles. The molecule has 2 aliphatic heterocycles. The highest BCUT2D eigenvalue weighted by Gasteiger charge is 2.28.